The van der Waals surface area contributed by atoms with Crippen LogP contribution in [0.5, 0.6) is 0 Å². The second kappa shape index (κ2) is 46.2. The topological polar surface area (TPSA) is 55.8 Å². The molecular formula is C49H88O4. The Balaban J connectivity index is 3.44. The molecule has 0 bridgehead atoms. The summed E-state index contributed by atoms with van der Waals surface area (Å²) in [5.41, 5.74) is 0. The molecule has 53 heavy (non-hydrogen) atoms. The number of allylic oxidation sites excluding steroid dienone is 9. The van der Waals surface area contributed by atoms with Gasteiger partial charge in [0.25, 0.3) is 0 Å². The van der Waals surface area contributed by atoms with Gasteiger partial charge in [-0.25, -0.2) is 0 Å². The van der Waals surface area contributed by atoms with Crippen molar-refractivity contribution in [2.75, 3.05) is 19.8 Å². The number of carbonyl (C=O) groups excluding carboxylic acids is 1. The Labute approximate surface area is 330 Å². The van der Waals surface area contributed by atoms with Crippen LogP contribution >= 0.6 is 0 Å². The summed E-state index contributed by atoms with van der Waals surface area (Å²) in [6.45, 7) is 5.15. The minimum Gasteiger partial charge on any atom is -0.457 e. The van der Waals surface area contributed by atoms with Crippen LogP contribution in [0.1, 0.15) is 219 Å². The molecule has 0 spiro atoms. The first-order chi connectivity index (χ1) is 26.2. The molecule has 0 saturated heterocycles. The summed E-state index contributed by atoms with van der Waals surface area (Å²) in [6, 6.07) is 0. The quantitative estimate of drug-likeness (QED) is 0.0385. The van der Waals surface area contributed by atoms with Crippen molar-refractivity contribution in [1.29, 1.82) is 0 Å². The van der Waals surface area contributed by atoms with E-state index in [1.165, 1.54) is 161 Å². The SMILES string of the molecule is CC/C=C\C/C=C\C/C=C\C/C=C\C/C=C\CC(=O)OC(CO)COCCCCCCCCCCCCCCCCCCCCCCCCCCCC. The van der Waals surface area contributed by atoms with Crippen LogP contribution in [-0.2, 0) is 14.3 Å². The van der Waals surface area contributed by atoms with Gasteiger partial charge in [-0.3, -0.25) is 4.79 Å². The van der Waals surface area contributed by atoms with Crippen molar-refractivity contribution in [3.8, 4) is 0 Å². The zero-order chi connectivity index (χ0) is 38.4. The monoisotopic (exact) mass is 741 g/mol. The molecule has 4 heteroatoms. The Bertz CT molecular complexity index is 870. The Morgan fingerprint density at radius 2 is 0.774 bits per heavy atom. The maximum absolute atomic E-state index is 12.1. The van der Waals surface area contributed by atoms with E-state index >= 15 is 0 Å². The van der Waals surface area contributed by atoms with Crippen molar-refractivity contribution in [2.24, 2.45) is 0 Å². The van der Waals surface area contributed by atoms with E-state index in [0.29, 0.717) is 6.61 Å². The molecule has 1 unspecified atom stereocenters. The lowest BCUT2D eigenvalue weighted by Gasteiger charge is -2.15. The first-order valence-electron chi connectivity index (χ1n) is 22.9. The molecule has 0 aromatic rings. The highest BCUT2D eigenvalue weighted by molar-refractivity contribution is 5.71. The fraction of sp³-hybridized carbons (Fsp3) is 0.776. The third kappa shape index (κ3) is 44.4. The molecule has 0 saturated carbocycles. The molecular weight excluding hydrogens is 653 g/mol. The minimum atomic E-state index is -0.589. The molecule has 0 aromatic carbocycles. The van der Waals surface area contributed by atoms with Crippen LogP contribution in [0.4, 0.5) is 0 Å². The average molecular weight is 741 g/mol. The van der Waals surface area contributed by atoms with Crippen molar-refractivity contribution in [2.45, 2.75) is 225 Å². The average Bonchev–Trinajstić information content (AvgIpc) is 3.16. The lowest BCUT2D eigenvalue weighted by molar-refractivity contribution is -0.153. The normalized spacial score (nSPS) is 12.9. The second-order valence-electron chi connectivity index (χ2n) is 15.1. The van der Waals surface area contributed by atoms with Gasteiger partial charge in [0, 0.05) is 6.61 Å². The summed E-state index contributed by atoms with van der Waals surface area (Å²) >= 11 is 0. The van der Waals surface area contributed by atoms with E-state index in [2.05, 4.69) is 62.5 Å². The standard InChI is InChI=1S/C49H88O4/c1-3-5-7-9-11-13-15-17-19-20-21-22-23-24-25-26-27-28-29-31-33-35-37-39-41-43-45-52-47-48(46-50)53-49(51)44-42-40-38-36-34-32-30-18-16-14-12-10-8-6-4-2/h6,8,12,14,18,30,34,36,40,42,48,50H,3-5,7,9-11,13,15-17,19-29,31-33,35,37-39,41,43-47H2,1-2H3/b8-6-,14-12-,30-18-,36-34-,42-40-. The van der Waals surface area contributed by atoms with Crippen LogP contribution in [-0.4, -0.2) is 37.0 Å². The molecule has 1 N–H and O–H groups in total. The van der Waals surface area contributed by atoms with Crippen LogP contribution in [0.2, 0.25) is 0 Å². The van der Waals surface area contributed by atoms with E-state index < -0.39 is 6.10 Å². The predicted octanol–water partition coefficient (Wildman–Crippen LogP) is 15.2. The van der Waals surface area contributed by atoms with Gasteiger partial charge in [0.15, 0.2) is 0 Å². The van der Waals surface area contributed by atoms with E-state index in [4.69, 9.17) is 9.47 Å². The van der Waals surface area contributed by atoms with E-state index in [1.54, 1.807) is 0 Å². The fourth-order valence-corrected chi connectivity index (χ4v) is 6.52. The Hall–Kier alpha value is -1.91. The van der Waals surface area contributed by atoms with Gasteiger partial charge < -0.3 is 14.6 Å². The zero-order valence-corrected chi connectivity index (χ0v) is 35.3. The number of carbonyl (C=O) groups is 1. The third-order valence-electron chi connectivity index (χ3n) is 9.89. The lowest BCUT2D eigenvalue weighted by atomic mass is 10.0. The van der Waals surface area contributed by atoms with E-state index in [1.807, 2.05) is 12.2 Å². The molecule has 0 heterocycles. The van der Waals surface area contributed by atoms with Gasteiger partial charge in [-0.15, -0.1) is 0 Å². The van der Waals surface area contributed by atoms with Crippen LogP contribution in [0.3, 0.4) is 0 Å². The molecule has 308 valence electrons. The Morgan fingerprint density at radius 1 is 0.453 bits per heavy atom. The smallest absolute Gasteiger partial charge is 0.310 e. The molecule has 0 amide bonds. The van der Waals surface area contributed by atoms with Crippen molar-refractivity contribution in [1.82, 2.24) is 0 Å². The van der Waals surface area contributed by atoms with Crippen molar-refractivity contribution < 1.29 is 19.4 Å². The number of unbranched alkanes of at least 4 members (excludes halogenated alkanes) is 25. The summed E-state index contributed by atoms with van der Waals surface area (Å²) < 4.78 is 11.1. The van der Waals surface area contributed by atoms with Gasteiger partial charge in [0.2, 0.25) is 0 Å². The van der Waals surface area contributed by atoms with Crippen LogP contribution in [0.15, 0.2) is 60.8 Å². The number of hydrogen-bond acceptors (Lipinski definition) is 4. The second-order valence-corrected chi connectivity index (χ2v) is 15.1. The Kier molecular flexibility index (Phi) is 44.6. The summed E-state index contributed by atoms with van der Waals surface area (Å²) in [6.07, 6.45) is 61.9. The van der Waals surface area contributed by atoms with Gasteiger partial charge in [-0.1, -0.05) is 235 Å². The highest BCUT2D eigenvalue weighted by atomic mass is 16.6. The highest BCUT2D eigenvalue weighted by Gasteiger charge is 2.12. The van der Waals surface area contributed by atoms with Gasteiger partial charge in [0.05, 0.1) is 19.6 Å². The van der Waals surface area contributed by atoms with Crippen molar-refractivity contribution in [3.05, 3.63) is 60.8 Å². The summed E-state index contributed by atoms with van der Waals surface area (Å²) in [7, 11) is 0. The van der Waals surface area contributed by atoms with E-state index in [9.17, 15) is 9.90 Å². The van der Waals surface area contributed by atoms with E-state index in [0.717, 1.165) is 38.5 Å². The van der Waals surface area contributed by atoms with Crippen LogP contribution in [0, 0.1) is 0 Å². The maximum atomic E-state index is 12.1. The number of ether oxygens (including phenoxy) is 2. The number of hydrogen-bond donors (Lipinski definition) is 1. The molecule has 0 rings (SSSR count). The number of esters is 1. The van der Waals surface area contributed by atoms with Crippen LogP contribution in [0.25, 0.3) is 0 Å². The first kappa shape index (κ1) is 51.1. The minimum absolute atomic E-state index is 0.211. The van der Waals surface area contributed by atoms with Gasteiger partial charge in [-0.05, 0) is 38.5 Å². The van der Waals surface area contributed by atoms with Gasteiger partial charge in [0.1, 0.15) is 6.10 Å². The third-order valence-corrected chi connectivity index (χ3v) is 9.89. The van der Waals surface area contributed by atoms with Crippen molar-refractivity contribution >= 4 is 5.97 Å². The van der Waals surface area contributed by atoms with Gasteiger partial charge >= 0.3 is 5.97 Å². The molecule has 0 aliphatic rings. The summed E-state index contributed by atoms with van der Waals surface area (Å²) in [5, 5.41) is 9.58. The highest BCUT2D eigenvalue weighted by Crippen LogP contribution is 2.16. The predicted molar refractivity (Wildman–Crippen MR) is 233 cm³/mol. The zero-order valence-electron chi connectivity index (χ0n) is 35.3. The summed E-state index contributed by atoms with van der Waals surface area (Å²) in [5.74, 6) is -0.325. The maximum Gasteiger partial charge on any atom is 0.310 e. The molecule has 0 aliphatic carbocycles. The fourth-order valence-electron chi connectivity index (χ4n) is 6.52. The van der Waals surface area contributed by atoms with E-state index in [-0.39, 0.29) is 25.6 Å². The Morgan fingerprint density at radius 3 is 1.11 bits per heavy atom. The molecule has 1 atom stereocenters. The van der Waals surface area contributed by atoms with Crippen LogP contribution < -0.4 is 0 Å². The largest absolute Gasteiger partial charge is 0.457 e. The number of aliphatic hydroxyl groups is 1. The molecule has 0 aliphatic heterocycles. The molecule has 0 radical (unpaired) electrons. The first-order valence-corrected chi connectivity index (χ1v) is 22.9. The molecule has 0 fully saturated rings. The van der Waals surface area contributed by atoms with Gasteiger partial charge in [-0.2, -0.15) is 0 Å². The molecule has 0 aromatic heterocycles. The van der Waals surface area contributed by atoms with Crippen molar-refractivity contribution in [3.63, 3.8) is 0 Å². The molecule has 4 nitrogen and oxygen atoms in total. The lowest BCUT2D eigenvalue weighted by Crippen LogP contribution is -2.27. The number of rotatable bonds is 42. The number of aliphatic hydroxyl groups excluding tert-OH is 1. The summed E-state index contributed by atoms with van der Waals surface area (Å²) in [4.78, 5) is 12.1.